The Morgan fingerprint density at radius 1 is 0.765 bits per heavy atom. The van der Waals surface area contributed by atoms with Crippen molar-refractivity contribution >= 4 is 7.82 Å². The fourth-order valence-corrected chi connectivity index (χ4v) is 1.26. The number of rotatable bonds is 9. The van der Waals surface area contributed by atoms with Gasteiger partial charge in [0.15, 0.2) is 0 Å². The number of ether oxygens (including phenoxy) is 3. The van der Waals surface area contributed by atoms with E-state index in [0.717, 1.165) is 0 Å². The van der Waals surface area contributed by atoms with E-state index in [1.807, 2.05) is 0 Å². The van der Waals surface area contributed by atoms with Crippen molar-refractivity contribution in [2.24, 2.45) is 0 Å². The molecule has 0 aromatic rings. The maximum Gasteiger partial charge on any atom is 0.483 e. The van der Waals surface area contributed by atoms with Gasteiger partial charge in [0, 0.05) is 0 Å². The van der Waals surface area contributed by atoms with E-state index in [-0.39, 0.29) is 0 Å². The van der Waals surface area contributed by atoms with Gasteiger partial charge in [0.05, 0.1) is 0 Å². The number of phosphoric acid groups is 1. The Bertz CT molecular complexity index is 315. The molecule has 0 rings (SSSR count). The molecule has 0 aromatic carbocycles. The van der Waals surface area contributed by atoms with Crippen LogP contribution in [0.1, 0.15) is 0 Å². The molecule has 0 aliphatic carbocycles. The third kappa shape index (κ3) is 8.04. The summed E-state index contributed by atoms with van der Waals surface area (Å²) in [5.74, 6) is 0. The lowest BCUT2D eigenvalue weighted by Crippen LogP contribution is -2.05. The highest BCUT2D eigenvalue weighted by Gasteiger charge is 2.27. The van der Waals surface area contributed by atoms with Gasteiger partial charge in [0.1, 0.15) is 18.3 Å². The minimum atomic E-state index is -3.97. The molecule has 0 aliphatic heterocycles. The molecular formula is C9H9O7P. The molecule has 0 radical (unpaired) electrons. The molecule has 0 amide bonds. The summed E-state index contributed by atoms with van der Waals surface area (Å²) in [4.78, 5) is 0. The van der Waals surface area contributed by atoms with Crippen LogP contribution in [0, 0.1) is 37.6 Å². The van der Waals surface area contributed by atoms with Crippen LogP contribution < -0.4 is 0 Å². The molecule has 0 spiro atoms. The van der Waals surface area contributed by atoms with Crippen LogP contribution in [-0.4, -0.2) is 20.4 Å². The first-order valence-corrected chi connectivity index (χ1v) is 5.40. The normalized spacial score (nSPS) is 9.47. The SMILES string of the molecule is C#COCOP(=O)(OCOC#C)OCOC#C. The molecule has 92 valence electrons. The first kappa shape index (κ1) is 15.2. The van der Waals surface area contributed by atoms with Crippen molar-refractivity contribution in [1.82, 2.24) is 0 Å². The lowest BCUT2D eigenvalue weighted by atomic mass is 11.2. The minimum absolute atomic E-state index is 0.514. The van der Waals surface area contributed by atoms with E-state index in [0.29, 0.717) is 0 Å². The first-order valence-electron chi connectivity index (χ1n) is 3.94. The zero-order valence-electron chi connectivity index (χ0n) is 8.66. The Kier molecular flexibility index (Phi) is 8.42. The van der Waals surface area contributed by atoms with E-state index in [2.05, 4.69) is 27.8 Å². The monoisotopic (exact) mass is 260 g/mol. The van der Waals surface area contributed by atoms with Gasteiger partial charge in [-0.15, -0.1) is 0 Å². The predicted octanol–water partition coefficient (Wildman–Crippen LogP) is 0.839. The summed E-state index contributed by atoms with van der Waals surface area (Å²) in [5, 5.41) is 0. The Morgan fingerprint density at radius 3 is 1.29 bits per heavy atom. The van der Waals surface area contributed by atoms with Crippen molar-refractivity contribution in [2.45, 2.75) is 0 Å². The van der Waals surface area contributed by atoms with Gasteiger partial charge in [-0.1, -0.05) is 19.3 Å². The molecule has 0 atom stereocenters. The van der Waals surface area contributed by atoms with Crippen LogP contribution in [-0.2, 0) is 32.3 Å². The second-order valence-corrected chi connectivity index (χ2v) is 3.64. The topological polar surface area (TPSA) is 72.5 Å². The van der Waals surface area contributed by atoms with E-state index in [9.17, 15) is 4.57 Å². The fourth-order valence-electron chi connectivity index (χ4n) is 0.487. The van der Waals surface area contributed by atoms with Gasteiger partial charge in [0.2, 0.25) is 20.4 Å². The van der Waals surface area contributed by atoms with Crippen molar-refractivity contribution in [3.63, 3.8) is 0 Å². The minimum Gasteiger partial charge on any atom is -0.417 e. The van der Waals surface area contributed by atoms with Gasteiger partial charge >= 0.3 is 7.82 Å². The van der Waals surface area contributed by atoms with Gasteiger partial charge in [-0.2, -0.15) is 0 Å². The first-order chi connectivity index (χ1) is 8.18. The Balaban J connectivity index is 4.16. The third-order valence-electron chi connectivity index (χ3n) is 1.06. The molecule has 8 heteroatoms. The molecule has 0 heterocycles. The Morgan fingerprint density at radius 2 is 1.06 bits per heavy atom. The lowest BCUT2D eigenvalue weighted by Gasteiger charge is -2.15. The van der Waals surface area contributed by atoms with Gasteiger partial charge in [-0.3, -0.25) is 0 Å². The smallest absolute Gasteiger partial charge is 0.417 e. The zero-order valence-corrected chi connectivity index (χ0v) is 9.55. The van der Waals surface area contributed by atoms with Gasteiger partial charge in [-0.05, 0) is 0 Å². The van der Waals surface area contributed by atoms with E-state index in [1.165, 1.54) is 0 Å². The molecule has 0 aliphatic rings. The second-order valence-electron chi connectivity index (χ2n) is 1.97. The average molecular weight is 260 g/mol. The molecule has 0 bridgehead atoms. The van der Waals surface area contributed by atoms with Crippen LogP contribution in [0.3, 0.4) is 0 Å². The van der Waals surface area contributed by atoms with Crippen molar-refractivity contribution in [3.05, 3.63) is 0 Å². The van der Waals surface area contributed by atoms with Crippen molar-refractivity contribution < 1.29 is 32.3 Å². The van der Waals surface area contributed by atoms with Gasteiger partial charge in [0.25, 0.3) is 0 Å². The van der Waals surface area contributed by atoms with Crippen molar-refractivity contribution in [2.75, 3.05) is 20.4 Å². The quantitative estimate of drug-likeness (QED) is 0.263. The molecule has 0 saturated heterocycles. The van der Waals surface area contributed by atoms with E-state index >= 15 is 0 Å². The third-order valence-corrected chi connectivity index (χ3v) is 2.32. The van der Waals surface area contributed by atoms with Crippen LogP contribution in [0.4, 0.5) is 0 Å². The van der Waals surface area contributed by atoms with Crippen LogP contribution in [0.5, 0.6) is 0 Å². The lowest BCUT2D eigenvalue weighted by molar-refractivity contribution is -0.0210. The summed E-state index contributed by atoms with van der Waals surface area (Å²) in [7, 11) is -3.97. The van der Waals surface area contributed by atoms with Crippen LogP contribution in [0.15, 0.2) is 0 Å². The van der Waals surface area contributed by atoms with Crippen LogP contribution in [0.2, 0.25) is 0 Å². The molecule has 0 saturated carbocycles. The number of terminal acetylenes is 3. The van der Waals surface area contributed by atoms with Gasteiger partial charge < -0.3 is 14.2 Å². The van der Waals surface area contributed by atoms with E-state index in [1.54, 1.807) is 18.3 Å². The van der Waals surface area contributed by atoms with E-state index < -0.39 is 28.2 Å². The maximum atomic E-state index is 11.7. The summed E-state index contributed by atoms with van der Waals surface area (Å²) >= 11 is 0. The molecule has 0 unspecified atom stereocenters. The molecule has 17 heavy (non-hydrogen) atoms. The highest BCUT2D eigenvalue weighted by atomic mass is 31.2. The maximum absolute atomic E-state index is 11.7. The largest absolute Gasteiger partial charge is 0.483 e. The summed E-state index contributed by atoms with van der Waals surface area (Å²) in [6.07, 6.45) is 19.7. The average Bonchev–Trinajstić information content (AvgIpc) is 2.30. The molecule has 7 nitrogen and oxygen atoms in total. The predicted molar refractivity (Wildman–Crippen MR) is 55.2 cm³/mol. The zero-order chi connectivity index (χ0) is 13.0. The highest BCUT2D eigenvalue weighted by molar-refractivity contribution is 7.48. The molecule has 0 fully saturated rings. The molecule has 0 aromatic heterocycles. The van der Waals surface area contributed by atoms with Crippen molar-refractivity contribution in [1.29, 1.82) is 0 Å². The van der Waals surface area contributed by atoms with Crippen molar-refractivity contribution in [3.8, 4) is 37.6 Å². The summed E-state index contributed by atoms with van der Waals surface area (Å²) < 4.78 is 38.6. The van der Waals surface area contributed by atoms with Crippen LogP contribution in [0.25, 0.3) is 0 Å². The van der Waals surface area contributed by atoms with E-state index in [4.69, 9.17) is 19.3 Å². The highest BCUT2D eigenvalue weighted by Crippen LogP contribution is 2.49. The molecule has 0 N–H and O–H groups in total. The summed E-state index contributed by atoms with van der Waals surface area (Å²) in [5.41, 5.74) is 0. The Hall–Kier alpha value is -1.81. The summed E-state index contributed by atoms with van der Waals surface area (Å²) in [6, 6.07) is 0. The fraction of sp³-hybridized carbons (Fsp3) is 0.333. The van der Waals surface area contributed by atoms with Crippen LogP contribution >= 0.6 is 7.82 Å². The standard InChI is InChI=1S/C9H9O7P/c1-4-11-7-14-17(10,15-8-12-5-2)16-9-13-6-3/h1-3H,7-9H2. The second kappa shape index (κ2) is 9.42. The Labute approximate surface area is 98.9 Å². The number of hydrogen-bond acceptors (Lipinski definition) is 7. The van der Waals surface area contributed by atoms with Gasteiger partial charge in [-0.25, -0.2) is 18.1 Å². The molecular weight excluding hydrogens is 251 g/mol. The summed E-state index contributed by atoms with van der Waals surface area (Å²) in [6.45, 7) is -1.54. The number of hydrogen-bond donors (Lipinski definition) is 0. The number of phosphoric ester groups is 1.